The van der Waals surface area contributed by atoms with E-state index in [9.17, 15) is 9.59 Å². The van der Waals surface area contributed by atoms with Gasteiger partial charge in [-0.1, -0.05) is 36.4 Å². The molecule has 4 rings (SSSR count). The summed E-state index contributed by atoms with van der Waals surface area (Å²) >= 11 is 1.61. The lowest BCUT2D eigenvalue weighted by molar-refractivity contribution is -0.127. The Morgan fingerprint density at radius 2 is 2.00 bits per heavy atom. The lowest BCUT2D eigenvalue weighted by atomic mass is 10.1. The van der Waals surface area contributed by atoms with Gasteiger partial charge in [-0.25, -0.2) is 4.98 Å². The van der Waals surface area contributed by atoms with E-state index in [1.807, 2.05) is 53.9 Å². The van der Waals surface area contributed by atoms with Crippen molar-refractivity contribution in [3.8, 4) is 5.75 Å². The van der Waals surface area contributed by atoms with Crippen molar-refractivity contribution in [2.45, 2.75) is 25.5 Å². The maximum atomic E-state index is 13.1. The third-order valence-electron chi connectivity index (χ3n) is 4.67. The van der Waals surface area contributed by atoms with Crippen LogP contribution in [-0.4, -0.2) is 23.3 Å². The number of hydrogen-bond acceptors (Lipinski definition) is 5. The van der Waals surface area contributed by atoms with Crippen LogP contribution in [0.3, 0.4) is 0 Å². The number of thiophene rings is 1. The summed E-state index contributed by atoms with van der Waals surface area (Å²) in [4.78, 5) is 32.3. The second-order valence-corrected chi connectivity index (χ2v) is 7.72. The SMILES string of the molecule is O=C(CCCN1C(=O)C(c2ccccc2)Oc2cccnc21)NCc1cccs1. The third-order valence-corrected chi connectivity index (χ3v) is 5.55. The maximum absolute atomic E-state index is 13.1. The molecule has 1 aliphatic rings. The van der Waals surface area contributed by atoms with Gasteiger partial charge in [-0.3, -0.25) is 14.5 Å². The van der Waals surface area contributed by atoms with Crippen LogP contribution in [-0.2, 0) is 16.1 Å². The summed E-state index contributed by atoms with van der Waals surface area (Å²) in [6.07, 6.45) is 1.81. The van der Waals surface area contributed by atoms with Gasteiger partial charge in [-0.05, 0) is 30.0 Å². The first-order valence-electron chi connectivity index (χ1n) is 9.49. The number of aromatic nitrogens is 1. The minimum Gasteiger partial charge on any atom is -0.472 e. The average Bonchev–Trinajstić information content (AvgIpc) is 3.28. The molecule has 3 heterocycles. The predicted octanol–water partition coefficient (Wildman–Crippen LogP) is 3.71. The van der Waals surface area contributed by atoms with Crippen LogP contribution >= 0.6 is 11.3 Å². The number of amides is 2. The molecule has 2 amide bonds. The number of fused-ring (bicyclic) bond motifs is 1. The van der Waals surface area contributed by atoms with Crippen molar-refractivity contribution in [3.63, 3.8) is 0 Å². The van der Waals surface area contributed by atoms with Crippen LogP contribution in [0.25, 0.3) is 0 Å². The van der Waals surface area contributed by atoms with Crippen LogP contribution in [0.1, 0.15) is 29.4 Å². The summed E-state index contributed by atoms with van der Waals surface area (Å²) in [7, 11) is 0. The van der Waals surface area contributed by atoms with Gasteiger partial charge >= 0.3 is 0 Å². The summed E-state index contributed by atoms with van der Waals surface area (Å²) < 4.78 is 5.94. The van der Waals surface area contributed by atoms with E-state index in [1.165, 1.54) is 0 Å². The largest absolute Gasteiger partial charge is 0.472 e. The van der Waals surface area contributed by atoms with Crippen molar-refractivity contribution >= 4 is 29.0 Å². The highest BCUT2D eigenvalue weighted by atomic mass is 32.1. The lowest BCUT2D eigenvalue weighted by Gasteiger charge is -2.33. The van der Waals surface area contributed by atoms with Crippen LogP contribution in [0.2, 0.25) is 0 Å². The van der Waals surface area contributed by atoms with Crippen molar-refractivity contribution in [1.82, 2.24) is 10.3 Å². The summed E-state index contributed by atoms with van der Waals surface area (Å²) in [6, 6.07) is 17.0. The minimum atomic E-state index is -0.708. The number of nitrogens with zero attached hydrogens (tertiary/aromatic N) is 2. The number of nitrogens with one attached hydrogen (secondary N) is 1. The Hall–Kier alpha value is -3.19. The maximum Gasteiger partial charge on any atom is 0.274 e. The molecule has 0 fully saturated rings. The molecular formula is C22H21N3O3S. The van der Waals surface area contributed by atoms with Gasteiger partial charge in [0.1, 0.15) is 0 Å². The Labute approximate surface area is 173 Å². The Morgan fingerprint density at radius 3 is 2.79 bits per heavy atom. The number of ether oxygens (including phenoxy) is 1. The Kier molecular flexibility index (Phi) is 5.86. The second kappa shape index (κ2) is 8.87. The van der Waals surface area contributed by atoms with Crippen molar-refractivity contribution in [2.24, 2.45) is 0 Å². The minimum absolute atomic E-state index is 0.0278. The molecule has 2 aromatic heterocycles. The molecule has 0 radical (unpaired) electrons. The van der Waals surface area contributed by atoms with Gasteiger partial charge in [0.25, 0.3) is 5.91 Å². The van der Waals surface area contributed by atoms with Crippen LogP contribution in [0, 0.1) is 0 Å². The van der Waals surface area contributed by atoms with Gasteiger partial charge in [-0.15, -0.1) is 11.3 Å². The standard InChI is InChI=1S/C22H21N3O3S/c26-19(24-15-17-9-6-14-29-17)11-5-13-25-21-18(10-4-12-23-21)28-20(22(25)27)16-7-2-1-3-8-16/h1-4,6-10,12,14,20H,5,11,13,15H2,(H,24,26). The first kappa shape index (κ1) is 19.1. The van der Waals surface area contributed by atoms with E-state index in [1.54, 1.807) is 28.5 Å². The zero-order chi connectivity index (χ0) is 20.1. The average molecular weight is 407 g/mol. The summed E-state index contributed by atoms with van der Waals surface area (Å²) in [5.41, 5.74) is 0.797. The summed E-state index contributed by atoms with van der Waals surface area (Å²) in [5.74, 6) is 0.883. The topological polar surface area (TPSA) is 71.5 Å². The van der Waals surface area contributed by atoms with E-state index in [-0.39, 0.29) is 11.8 Å². The van der Waals surface area contributed by atoms with Gasteiger partial charge in [0.2, 0.25) is 12.0 Å². The number of carbonyl (C=O) groups excluding carboxylic acids is 2. The van der Waals surface area contributed by atoms with Crippen molar-refractivity contribution in [1.29, 1.82) is 0 Å². The number of carbonyl (C=O) groups is 2. The zero-order valence-corrected chi connectivity index (χ0v) is 16.6. The molecule has 0 aliphatic carbocycles. The highest BCUT2D eigenvalue weighted by Crippen LogP contribution is 2.37. The number of rotatable bonds is 7. The van der Waals surface area contributed by atoms with E-state index in [0.717, 1.165) is 10.4 Å². The van der Waals surface area contributed by atoms with Gasteiger partial charge in [0.15, 0.2) is 11.6 Å². The van der Waals surface area contributed by atoms with E-state index >= 15 is 0 Å². The molecule has 0 spiro atoms. The smallest absolute Gasteiger partial charge is 0.274 e. The lowest BCUT2D eigenvalue weighted by Crippen LogP contribution is -2.42. The van der Waals surface area contributed by atoms with Gasteiger partial charge in [-0.2, -0.15) is 0 Å². The molecule has 1 unspecified atom stereocenters. The first-order chi connectivity index (χ1) is 14.2. The first-order valence-corrected chi connectivity index (χ1v) is 10.4. The van der Waals surface area contributed by atoms with Crippen LogP contribution in [0.15, 0.2) is 66.2 Å². The molecule has 7 heteroatoms. The fourth-order valence-corrected chi connectivity index (χ4v) is 3.88. The molecule has 0 bridgehead atoms. The van der Waals surface area contributed by atoms with Crippen molar-refractivity contribution < 1.29 is 14.3 Å². The number of benzene rings is 1. The molecule has 3 aromatic rings. The number of hydrogen-bond donors (Lipinski definition) is 1. The molecule has 0 saturated heterocycles. The van der Waals surface area contributed by atoms with Gasteiger partial charge < -0.3 is 10.1 Å². The zero-order valence-electron chi connectivity index (χ0n) is 15.8. The number of pyridine rings is 1. The second-order valence-electron chi connectivity index (χ2n) is 6.68. The molecule has 1 aromatic carbocycles. The van der Waals surface area contributed by atoms with Crippen LogP contribution < -0.4 is 15.0 Å². The van der Waals surface area contributed by atoms with E-state index in [4.69, 9.17) is 4.74 Å². The molecule has 0 saturated carbocycles. The Bertz CT molecular complexity index is 976. The van der Waals surface area contributed by atoms with Gasteiger partial charge in [0, 0.05) is 29.6 Å². The summed E-state index contributed by atoms with van der Waals surface area (Å²) in [6.45, 7) is 0.940. The number of anilines is 1. The monoisotopic (exact) mass is 407 g/mol. The van der Waals surface area contributed by atoms with Crippen LogP contribution in [0.5, 0.6) is 5.75 Å². The van der Waals surface area contributed by atoms with Crippen molar-refractivity contribution in [2.75, 3.05) is 11.4 Å². The third kappa shape index (κ3) is 4.46. The molecular weight excluding hydrogens is 386 g/mol. The van der Waals surface area contributed by atoms with E-state index < -0.39 is 6.10 Å². The molecule has 1 N–H and O–H groups in total. The summed E-state index contributed by atoms with van der Waals surface area (Å²) in [5, 5.41) is 4.90. The predicted molar refractivity (Wildman–Crippen MR) is 112 cm³/mol. The normalized spacial score (nSPS) is 15.5. The fraction of sp³-hybridized carbons (Fsp3) is 0.227. The molecule has 6 nitrogen and oxygen atoms in total. The Morgan fingerprint density at radius 1 is 1.14 bits per heavy atom. The molecule has 148 valence electrons. The molecule has 1 aliphatic heterocycles. The van der Waals surface area contributed by atoms with E-state index in [2.05, 4.69) is 10.3 Å². The van der Waals surface area contributed by atoms with E-state index in [0.29, 0.717) is 37.5 Å². The Balaban J connectivity index is 1.41. The highest BCUT2D eigenvalue weighted by Gasteiger charge is 2.36. The highest BCUT2D eigenvalue weighted by molar-refractivity contribution is 7.09. The van der Waals surface area contributed by atoms with Crippen LogP contribution in [0.4, 0.5) is 5.82 Å². The molecule has 1 atom stereocenters. The molecule has 29 heavy (non-hydrogen) atoms. The fourth-order valence-electron chi connectivity index (χ4n) is 3.24. The van der Waals surface area contributed by atoms with Gasteiger partial charge in [0.05, 0.1) is 6.54 Å². The quantitative estimate of drug-likeness (QED) is 0.648. The van der Waals surface area contributed by atoms with Crippen molar-refractivity contribution in [3.05, 3.63) is 76.6 Å².